The van der Waals surface area contributed by atoms with Gasteiger partial charge in [-0.05, 0) is 37.0 Å². The van der Waals surface area contributed by atoms with Crippen molar-refractivity contribution in [3.8, 4) is 0 Å². The van der Waals surface area contributed by atoms with Crippen molar-refractivity contribution in [2.45, 2.75) is 38.6 Å². The van der Waals surface area contributed by atoms with Crippen LogP contribution in [0.2, 0.25) is 0 Å². The number of nitrogens with zero attached hydrogens (tertiary/aromatic N) is 1. The maximum absolute atomic E-state index is 13.2. The van der Waals surface area contributed by atoms with Crippen LogP contribution in [-0.4, -0.2) is 24.2 Å². The highest BCUT2D eigenvalue weighted by Gasteiger charge is 2.25. The van der Waals surface area contributed by atoms with Crippen molar-refractivity contribution in [3.63, 3.8) is 0 Å². The minimum absolute atomic E-state index is 0.0423. The maximum atomic E-state index is 13.2. The zero-order valence-electron chi connectivity index (χ0n) is 11.4. The lowest BCUT2D eigenvalue weighted by Crippen LogP contribution is -2.36. The summed E-state index contributed by atoms with van der Waals surface area (Å²) in [7, 11) is 1.91. The molecule has 2 unspecified atom stereocenters. The van der Waals surface area contributed by atoms with E-state index in [9.17, 15) is 14.3 Å². The molecule has 0 heterocycles. The summed E-state index contributed by atoms with van der Waals surface area (Å²) in [6, 6.07) is 4.33. The monoisotopic (exact) mass is 265 g/mol. The fraction of sp³-hybridized carbons (Fsp3) is 0.533. The van der Waals surface area contributed by atoms with Crippen LogP contribution in [0.5, 0.6) is 0 Å². The van der Waals surface area contributed by atoms with Gasteiger partial charge in [-0.15, -0.1) is 0 Å². The second-order valence-electron chi connectivity index (χ2n) is 5.50. The molecule has 1 aromatic carbocycles. The zero-order valence-corrected chi connectivity index (χ0v) is 11.4. The molecule has 0 aliphatic heterocycles. The first-order valence-corrected chi connectivity index (χ1v) is 6.74. The van der Waals surface area contributed by atoms with Crippen molar-refractivity contribution in [1.29, 1.82) is 0 Å². The van der Waals surface area contributed by atoms with Crippen LogP contribution in [0.3, 0.4) is 0 Å². The number of carboxylic acid groups (broad SMARTS) is 1. The second kappa shape index (κ2) is 5.59. The van der Waals surface area contributed by atoms with Gasteiger partial charge in [-0.25, -0.2) is 9.18 Å². The minimum atomic E-state index is -1.08. The van der Waals surface area contributed by atoms with Gasteiger partial charge in [0.2, 0.25) is 0 Å². The van der Waals surface area contributed by atoms with E-state index in [0.717, 1.165) is 18.9 Å². The van der Waals surface area contributed by atoms with Crippen molar-refractivity contribution < 1.29 is 14.3 Å². The van der Waals surface area contributed by atoms with Crippen molar-refractivity contribution in [2.24, 2.45) is 5.92 Å². The van der Waals surface area contributed by atoms with Crippen LogP contribution in [0, 0.1) is 11.7 Å². The van der Waals surface area contributed by atoms with Gasteiger partial charge < -0.3 is 10.0 Å². The number of anilines is 1. The molecule has 0 amide bonds. The Bertz CT molecular complexity index is 475. The standard InChI is InChI=1S/C15H20FNO2/c1-10-4-3-5-12(8-10)17(2)14-7-6-11(16)9-13(14)15(18)19/h6-7,9-10,12H,3-5,8H2,1-2H3,(H,18,19). The lowest BCUT2D eigenvalue weighted by Gasteiger charge is -2.36. The number of hydrogen-bond acceptors (Lipinski definition) is 2. The topological polar surface area (TPSA) is 40.5 Å². The average Bonchev–Trinajstić information content (AvgIpc) is 2.37. The smallest absolute Gasteiger partial charge is 0.337 e. The van der Waals surface area contributed by atoms with Crippen molar-refractivity contribution in [2.75, 3.05) is 11.9 Å². The molecular weight excluding hydrogens is 245 g/mol. The Hall–Kier alpha value is -1.58. The predicted molar refractivity (Wildman–Crippen MR) is 73.2 cm³/mol. The van der Waals surface area contributed by atoms with E-state index in [1.807, 2.05) is 11.9 Å². The van der Waals surface area contributed by atoms with Crippen molar-refractivity contribution in [3.05, 3.63) is 29.6 Å². The summed E-state index contributed by atoms with van der Waals surface area (Å²) in [6.07, 6.45) is 4.53. The molecule has 0 spiro atoms. The normalized spacial score (nSPS) is 23.1. The molecule has 0 saturated heterocycles. The van der Waals surface area contributed by atoms with E-state index >= 15 is 0 Å². The van der Waals surface area contributed by atoms with Crippen LogP contribution in [0.25, 0.3) is 0 Å². The summed E-state index contributed by atoms with van der Waals surface area (Å²) < 4.78 is 13.2. The van der Waals surface area contributed by atoms with E-state index in [1.54, 1.807) is 6.07 Å². The van der Waals surface area contributed by atoms with Gasteiger partial charge in [0.1, 0.15) is 5.82 Å². The van der Waals surface area contributed by atoms with E-state index in [0.29, 0.717) is 17.6 Å². The van der Waals surface area contributed by atoms with Gasteiger partial charge in [0.15, 0.2) is 0 Å². The van der Waals surface area contributed by atoms with Gasteiger partial charge in [0.25, 0.3) is 0 Å². The van der Waals surface area contributed by atoms with Crippen LogP contribution in [0.15, 0.2) is 18.2 Å². The number of benzene rings is 1. The van der Waals surface area contributed by atoms with Gasteiger partial charge >= 0.3 is 5.97 Å². The van der Waals surface area contributed by atoms with E-state index in [1.165, 1.54) is 18.9 Å². The first kappa shape index (κ1) is 13.8. The highest BCUT2D eigenvalue weighted by atomic mass is 19.1. The molecule has 4 heteroatoms. The third-order valence-electron chi connectivity index (χ3n) is 4.03. The minimum Gasteiger partial charge on any atom is -0.478 e. The van der Waals surface area contributed by atoms with Gasteiger partial charge in [-0.1, -0.05) is 19.8 Å². The quantitative estimate of drug-likeness (QED) is 0.908. The molecular formula is C15H20FNO2. The van der Waals surface area contributed by atoms with Gasteiger partial charge in [0.05, 0.1) is 11.3 Å². The van der Waals surface area contributed by atoms with E-state index in [2.05, 4.69) is 6.92 Å². The summed E-state index contributed by atoms with van der Waals surface area (Å²) >= 11 is 0. The highest BCUT2D eigenvalue weighted by Crippen LogP contribution is 2.31. The zero-order chi connectivity index (χ0) is 14.0. The first-order valence-electron chi connectivity index (χ1n) is 6.74. The predicted octanol–water partition coefficient (Wildman–Crippen LogP) is 3.54. The molecule has 3 nitrogen and oxygen atoms in total. The molecule has 1 saturated carbocycles. The van der Waals surface area contributed by atoms with E-state index in [-0.39, 0.29) is 5.56 Å². The third-order valence-corrected chi connectivity index (χ3v) is 4.03. The van der Waals surface area contributed by atoms with Gasteiger partial charge in [-0.3, -0.25) is 0 Å². The van der Waals surface area contributed by atoms with E-state index in [4.69, 9.17) is 0 Å². The van der Waals surface area contributed by atoms with Gasteiger partial charge in [0, 0.05) is 13.1 Å². The van der Waals surface area contributed by atoms with Crippen LogP contribution >= 0.6 is 0 Å². The van der Waals surface area contributed by atoms with Crippen molar-refractivity contribution in [1.82, 2.24) is 0 Å². The Morgan fingerprint density at radius 1 is 1.42 bits per heavy atom. The van der Waals surface area contributed by atoms with Crippen LogP contribution in [-0.2, 0) is 0 Å². The molecule has 1 N–H and O–H groups in total. The Kier molecular flexibility index (Phi) is 4.08. The number of carboxylic acids is 1. The number of rotatable bonds is 3. The summed E-state index contributed by atoms with van der Waals surface area (Å²) in [5, 5.41) is 9.20. The van der Waals surface area contributed by atoms with Crippen LogP contribution < -0.4 is 4.90 Å². The Balaban J connectivity index is 2.27. The summed E-state index contributed by atoms with van der Waals surface area (Å²) in [4.78, 5) is 13.2. The average molecular weight is 265 g/mol. The number of halogens is 1. The molecule has 0 radical (unpaired) electrons. The largest absolute Gasteiger partial charge is 0.478 e. The summed E-state index contributed by atoms with van der Waals surface area (Å²) in [5.41, 5.74) is 0.647. The Morgan fingerprint density at radius 3 is 2.79 bits per heavy atom. The molecule has 104 valence electrons. The number of hydrogen-bond donors (Lipinski definition) is 1. The molecule has 0 aromatic heterocycles. The number of aromatic carboxylic acids is 1. The molecule has 1 aromatic rings. The van der Waals surface area contributed by atoms with Crippen LogP contribution in [0.4, 0.5) is 10.1 Å². The molecule has 19 heavy (non-hydrogen) atoms. The highest BCUT2D eigenvalue weighted by molar-refractivity contribution is 5.94. The third kappa shape index (κ3) is 3.06. The molecule has 2 atom stereocenters. The lowest BCUT2D eigenvalue weighted by molar-refractivity contribution is 0.0697. The Morgan fingerprint density at radius 2 is 2.16 bits per heavy atom. The molecule has 0 bridgehead atoms. The fourth-order valence-corrected chi connectivity index (χ4v) is 2.94. The van der Waals surface area contributed by atoms with Crippen molar-refractivity contribution >= 4 is 11.7 Å². The maximum Gasteiger partial charge on any atom is 0.337 e. The molecule has 2 rings (SSSR count). The molecule has 1 fully saturated rings. The molecule has 1 aliphatic carbocycles. The van der Waals surface area contributed by atoms with E-state index < -0.39 is 11.8 Å². The lowest BCUT2D eigenvalue weighted by atomic mass is 9.86. The molecule has 1 aliphatic rings. The van der Waals surface area contributed by atoms with Gasteiger partial charge in [-0.2, -0.15) is 0 Å². The Labute approximate surface area is 113 Å². The summed E-state index contributed by atoms with van der Waals surface area (Å²) in [6.45, 7) is 2.22. The van der Waals surface area contributed by atoms with Crippen LogP contribution in [0.1, 0.15) is 43.0 Å². The SMILES string of the molecule is CC1CCCC(N(C)c2ccc(F)cc2C(=O)O)C1. The number of carbonyl (C=O) groups is 1. The first-order chi connectivity index (χ1) is 8.99. The summed E-state index contributed by atoms with van der Waals surface area (Å²) in [5.74, 6) is -0.924. The fourth-order valence-electron chi connectivity index (χ4n) is 2.94. The second-order valence-corrected chi connectivity index (χ2v) is 5.50.